The molecule has 0 radical (unpaired) electrons. The van der Waals surface area contributed by atoms with Crippen molar-refractivity contribution in [2.24, 2.45) is 5.10 Å². The second-order valence-electron chi connectivity index (χ2n) is 4.62. The number of carbonyl (C=O) groups excluding carboxylic acids is 2. The number of nitrogens with one attached hydrogen (secondary N) is 2. The summed E-state index contributed by atoms with van der Waals surface area (Å²) in [5, 5.41) is 6.58. The van der Waals surface area contributed by atoms with Crippen molar-refractivity contribution in [1.82, 2.24) is 15.3 Å². The van der Waals surface area contributed by atoms with Crippen LogP contribution in [0.1, 0.15) is 24.2 Å². The Kier molecular flexibility index (Phi) is 3.99. The lowest BCUT2D eigenvalue weighted by molar-refractivity contribution is -0.121. The summed E-state index contributed by atoms with van der Waals surface area (Å²) >= 11 is 0. The number of hydrogen-bond donors (Lipinski definition) is 2. The normalized spacial score (nSPS) is 14.8. The Balaban J connectivity index is 1.83. The number of nitrogens with zero attached hydrogens (tertiary/aromatic N) is 2. The number of amides is 2. The van der Waals surface area contributed by atoms with Crippen molar-refractivity contribution in [2.75, 3.05) is 6.54 Å². The van der Waals surface area contributed by atoms with Crippen molar-refractivity contribution < 1.29 is 9.59 Å². The van der Waals surface area contributed by atoms with E-state index < -0.39 is 0 Å². The van der Waals surface area contributed by atoms with E-state index in [0.717, 1.165) is 6.54 Å². The zero-order chi connectivity index (χ0) is 13.8. The van der Waals surface area contributed by atoms with Crippen LogP contribution in [0.2, 0.25) is 0 Å². The molecule has 0 unspecified atom stereocenters. The van der Waals surface area contributed by atoms with Gasteiger partial charge in [-0.05, 0) is 26.0 Å². The maximum Gasteiger partial charge on any atom is 0.267 e. The smallest absolute Gasteiger partial charge is 0.267 e. The summed E-state index contributed by atoms with van der Waals surface area (Å²) in [6, 6.07) is 4.11. The quantitative estimate of drug-likeness (QED) is 0.828. The van der Waals surface area contributed by atoms with Gasteiger partial charge in [-0.15, -0.1) is 0 Å². The van der Waals surface area contributed by atoms with E-state index in [1.807, 2.05) is 13.8 Å². The molecule has 0 aromatic carbocycles. The van der Waals surface area contributed by atoms with Crippen LogP contribution in [0.25, 0.3) is 0 Å². The van der Waals surface area contributed by atoms with Crippen molar-refractivity contribution >= 4 is 17.5 Å². The number of aryl methyl sites for hydroxylation is 2. The van der Waals surface area contributed by atoms with Gasteiger partial charge in [0.15, 0.2) is 0 Å². The van der Waals surface area contributed by atoms with Crippen LogP contribution in [0.5, 0.6) is 0 Å². The molecule has 1 aromatic heterocycles. The topological polar surface area (TPSA) is 75.5 Å². The van der Waals surface area contributed by atoms with Crippen LogP contribution >= 0.6 is 0 Å². The number of hydrazone groups is 1. The van der Waals surface area contributed by atoms with Crippen molar-refractivity contribution in [3.8, 4) is 0 Å². The van der Waals surface area contributed by atoms with Gasteiger partial charge in [0, 0.05) is 37.3 Å². The van der Waals surface area contributed by atoms with Crippen LogP contribution in [-0.4, -0.2) is 28.6 Å². The molecule has 0 aliphatic carbocycles. The van der Waals surface area contributed by atoms with E-state index in [9.17, 15) is 9.59 Å². The van der Waals surface area contributed by atoms with E-state index >= 15 is 0 Å². The van der Waals surface area contributed by atoms with Crippen molar-refractivity contribution in [3.63, 3.8) is 0 Å². The average Bonchev–Trinajstić information content (AvgIpc) is 2.71. The van der Waals surface area contributed by atoms with Gasteiger partial charge in [-0.2, -0.15) is 5.10 Å². The second-order valence-corrected chi connectivity index (χ2v) is 4.62. The number of hydrogen-bond acceptors (Lipinski definition) is 3. The highest BCUT2D eigenvalue weighted by molar-refractivity contribution is 6.39. The summed E-state index contributed by atoms with van der Waals surface area (Å²) in [5.74, 6) is -0.349. The molecular weight excluding hydrogens is 244 g/mol. The first kappa shape index (κ1) is 13.3. The number of rotatable bonds is 4. The van der Waals surface area contributed by atoms with E-state index in [1.165, 1.54) is 11.4 Å². The summed E-state index contributed by atoms with van der Waals surface area (Å²) < 4.78 is 2.14. The van der Waals surface area contributed by atoms with Gasteiger partial charge in [-0.1, -0.05) is 0 Å². The van der Waals surface area contributed by atoms with Gasteiger partial charge in [-0.3, -0.25) is 9.59 Å². The van der Waals surface area contributed by atoms with Gasteiger partial charge in [0.2, 0.25) is 5.91 Å². The fourth-order valence-electron chi connectivity index (χ4n) is 2.07. The van der Waals surface area contributed by atoms with Gasteiger partial charge in [0.05, 0.1) is 0 Å². The van der Waals surface area contributed by atoms with Crippen LogP contribution in [0.15, 0.2) is 17.2 Å². The minimum Gasteiger partial charge on any atom is -0.349 e. The zero-order valence-electron chi connectivity index (χ0n) is 11.2. The molecule has 2 rings (SSSR count). The molecule has 1 aliphatic heterocycles. The molecule has 2 heterocycles. The molecule has 6 heteroatoms. The average molecular weight is 262 g/mol. The molecule has 0 spiro atoms. The lowest BCUT2D eigenvalue weighted by atomic mass is 10.1. The maximum atomic E-state index is 11.8. The van der Waals surface area contributed by atoms with Crippen LogP contribution in [0.3, 0.4) is 0 Å². The zero-order valence-corrected chi connectivity index (χ0v) is 11.2. The molecule has 0 saturated heterocycles. The van der Waals surface area contributed by atoms with Crippen molar-refractivity contribution in [2.45, 2.75) is 33.2 Å². The Morgan fingerprint density at radius 3 is 2.63 bits per heavy atom. The van der Waals surface area contributed by atoms with Gasteiger partial charge >= 0.3 is 0 Å². The van der Waals surface area contributed by atoms with Gasteiger partial charge in [0.1, 0.15) is 5.71 Å². The van der Waals surface area contributed by atoms with E-state index in [-0.39, 0.29) is 11.8 Å². The first-order valence-electron chi connectivity index (χ1n) is 6.34. The van der Waals surface area contributed by atoms with Crippen LogP contribution < -0.4 is 10.7 Å². The third-order valence-corrected chi connectivity index (χ3v) is 3.20. The molecule has 2 amide bonds. The molecular formula is C13H18N4O2. The van der Waals surface area contributed by atoms with Crippen LogP contribution in [-0.2, 0) is 16.1 Å². The first-order valence-corrected chi connectivity index (χ1v) is 6.34. The summed E-state index contributed by atoms with van der Waals surface area (Å²) in [6.07, 6.45) is 0.724. The lowest BCUT2D eigenvalue weighted by Crippen LogP contribution is -2.38. The largest absolute Gasteiger partial charge is 0.349 e. The van der Waals surface area contributed by atoms with E-state index in [0.29, 0.717) is 25.1 Å². The standard InChI is InChI=1S/C13H18N4O2/c1-9-3-4-10(2)17(9)8-7-14-13(19)11-5-6-12(18)16-15-11/h3-4H,5-8H2,1-2H3,(H,14,19)(H,16,18). The first-order chi connectivity index (χ1) is 9.08. The summed E-state index contributed by atoms with van der Waals surface area (Å²) in [7, 11) is 0. The maximum absolute atomic E-state index is 11.8. The van der Waals surface area contributed by atoms with Crippen molar-refractivity contribution in [3.05, 3.63) is 23.5 Å². The van der Waals surface area contributed by atoms with Crippen LogP contribution in [0.4, 0.5) is 0 Å². The van der Waals surface area contributed by atoms with E-state index in [2.05, 4.69) is 32.5 Å². The highest BCUT2D eigenvalue weighted by atomic mass is 16.2. The van der Waals surface area contributed by atoms with E-state index in [4.69, 9.17) is 0 Å². The molecule has 102 valence electrons. The summed E-state index contributed by atoms with van der Waals surface area (Å²) in [4.78, 5) is 22.7. The lowest BCUT2D eigenvalue weighted by Gasteiger charge is -2.13. The molecule has 0 saturated carbocycles. The van der Waals surface area contributed by atoms with Crippen molar-refractivity contribution in [1.29, 1.82) is 0 Å². The highest BCUT2D eigenvalue weighted by Crippen LogP contribution is 2.06. The Morgan fingerprint density at radius 1 is 1.37 bits per heavy atom. The third-order valence-electron chi connectivity index (χ3n) is 3.20. The van der Waals surface area contributed by atoms with Crippen LogP contribution in [0, 0.1) is 13.8 Å². The predicted molar refractivity (Wildman–Crippen MR) is 71.7 cm³/mol. The van der Waals surface area contributed by atoms with Gasteiger partial charge in [0.25, 0.3) is 5.91 Å². The molecule has 0 bridgehead atoms. The molecule has 19 heavy (non-hydrogen) atoms. The molecule has 6 nitrogen and oxygen atoms in total. The Bertz CT molecular complexity index is 511. The summed E-state index contributed by atoms with van der Waals surface area (Å²) in [6.45, 7) is 5.35. The van der Waals surface area contributed by atoms with Gasteiger partial charge < -0.3 is 9.88 Å². The van der Waals surface area contributed by atoms with E-state index in [1.54, 1.807) is 0 Å². The minimum atomic E-state index is -0.206. The molecule has 2 N–H and O–H groups in total. The second kappa shape index (κ2) is 5.69. The molecule has 1 aromatic rings. The third kappa shape index (κ3) is 3.21. The number of aromatic nitrogens is 1. The minimum absolute atomic E-state index is 0.143. The fourth-order valence-corrected chi connectivity index (χ4v) is 2.07. The SMILES string of the molecule is Cc1ccc(C)n1CCNC(=O)C1=NNC(=O)CC1. The Morgan fingerprint density at radius 2 is 2.05 bits per heavy atom. The molecule has 0 fully saturated rings. The summed E-state index contributed by atoms with van der Waals surface area (Å²) in [5.41, 5.74) is 5.06. The fraction of sp³-hybridized carbons (Fsp3) is 0.462. The molecule has 1 aliphatic rings. The monoisotopic (exact) mass is 262 g/mol. The highest BCUT2D eigenvalue weighted by Gasteiger charge is 2.17. The molecule has 0 atom stereocenters. The predicted octanol–water partition coefficient (Wildman–Crippen LogP) is 0.487. The number of carbonyl (C=O) groups is 2. The Labute approximate surface area is 111 Å². The Hall–Kier alpha value is -2.11. The van der Waals surface area contributed by atoms with Gasteiger partial charge in [-0.25, -0.2) is 5.43 Å².